The zero-order chi connectivity index (χ0) is 19.1. The number of nitrogens with one attached hydrogen (secondary N) is 2. The summed E-state index contributed by atoms with van der Waals surface area (Å²) in [5.41, 5.74) is 10.7. The van der Waals surface area contributed by atoms with Crippen LogP contribution >= 0.6 is 11.6 Å². The summed E-state index contributed by atoms with van der Waals surface area (Å²) in [5, 5.41) is 9.36. The van der Waals surface area contributed by atoms with Gasteiger partial charge in [-0.3, -0.25) is 10.9 Å². The molecule has 0 radical (unpaired) electrons. The largest absolute Gasteiger partial charge is 3.00 e. The van der Waals surface area contributed by atoms with E-state index in [1.165, 1.54) is 0 Å². The number of benzene rings is 2. The van der Waals surface area contributed by atoms with E-state index in [0.717, 1.165) is 22.8 Å². The SMILES string of the molecule is CC(=NNc1ccccc1)c1cc(Cl)cc(C(C)=NNc2ccccc2)n1.[Cl-].[Cl-].[Cl-].[Co+3]. The van der Waals surface area contributed by atoms with Crippen molar-refractivity contribution in [3.8, 4) is 0 Å². The molecule has 0 aliphatic rings. The molecular weight excluding hydrogens is 523 g/mol. The minimum atomic E-state index is 0. The summed E-state index contributed by atoms with van der Waals surface area (Å²) < 4.78 is 0. The Kier molecular flexibility index (Phi) is 16.1. The summed E-state index contributed by atoms with van der Waals surface area (Å²) in [4.78, 5) is 4.63. The number of hydrogen-bond acceptors (Lipinski definition) is 5. The Hall–Kier alpha value is -1.80. The number of nitrogens with zero attached hydrogens (tertiary/aromatic N) is 3. The van der Waals surface area contributed by atoms with Crippen LogP contribution in [0.4, 0.5) is 11.4 Å². The first-order valence-corrected chi connectivity index (χ1v) is 8.88. The van der Waals surface area contributed by atoms with Crippen LogP contribution in [0.5, 0.6) is 0 Å². The number of aromatic nitrogens is 1. The zero-order valence-electron chi connectivity index (χ0n) is 16.6. The molecule has 3 rings (SSSR count). The Balaban J connectivity index is 0. The number of halogens is 4. The molecule has 0 fully saturated rings. The quantitative estimate of drug-likeness (QED) is 0.250. The second-order valence-electron chi connectivity index (χ2n) is 5.91. The minimum Gasteiger partial charge on any atom is -1.00 e. The summed E-state index contributed by atoms with van der Waals surface area (Å²) in [5.74, 6) is 0. The Morgan fingerprint density at radius 1 is 0.710 bits per heavy atom. The van der Waals surface area contributed by atoms with Gasteiger partial charge in [-0.05, 0) is 50.2 Å². The van der Waals surface area contributed by atoms with Crippen molar-refractivity contribution in [2.45, 2.75) is 13.8 Å². The van der Waals surface area contributed by atoms with Crippen LogP contribution in [0, 0.1) is 0 Å². The van der Waals surface area contributed by atoms with E-state index in [2.05, 4.69) is 26.0 Å². The molecule has 0 saturated carbocycles. The van der Waals surface area contributed by atoms with Gasteiger partial charge in [0.15, 0.2) is 0 Å². The van der Waals surface area contributed by atoms with Gasteiger partial charge in [0.05, 0.1) is 34.2 Å². The van der Waals surface area contributed by atoms with Gasteiger partial charge in [0.2, 0.25) is 0 Å². The molecule has 0 atom stereocenters. The number of pyridine rings is 1. The summed E-state index contributed by atoms with van der Waals surface area (Å²) in [6.07, 6.45) is 0. The van der Waals surface area contributed by atoms with E-state index in [4.69, 9.17) is 11.6 Å². The van der Waals surface area contributed by atoms with Gasteiger partial charge in [-0.25, -0.2) is 4.98 Å². The Labute approximate surface area is 216 Å². The molecule has 1 heterocycles. The molecule has 0 aliphatic heterocycles. The van der Waals surface area contributed by atoms with Crippen molar-refractivity contribution >= 4 is 34.4 Å². The van der Waals surface area contributed by atoms with Crippen LogP contribution in [0.3, 0.4) is 0 Å². The van der Waals surface area contributed by atoms with Crippen LogP contribution in [0.2, 0.25) is 5.02 Å². The molecule has 0 bridgehead atoms. The van der Waals surface area contributed by atoms with Crippen LogP contribution < -0.4 is 48.1 Å². The predicted molar refractivity (Wildman–Crippen MR) is 114 cm³/mol. The maximum Gasteiger partial charge on any atom is 3.00 e. The van der Waals surface area contributed by atoms with Gasteiger partial charge in [-0.2, -0.15) is 10.2 Å². The van der Waals surface area contributed by atoms with Crippen LogP contribution in [0.25, 0.3) is 0 Å². The molecule has 166 valence electrons. The van der Waals surface area contributed by atoms with Crippen LogP contribution in [0.1, 0.15) is 25.2 Å². The van der Waals surface area contributed by atoms with Crippen molar-refractivity contribution < 1.29 is 54.0 Å². The maximum absolute atomic E-state index is 6.28. The normalized spacial score (nSPS) is 10.4. The smallest absolute Gasteiger partial charge is 1.00 e. The number of hydrogen-bond donors (Lipinski definition) is 2. The monoisotopic (exact) mass is 541 g/mol. The van der Waals surface area contributed by atoms with Gasteiger partial charge in [0, 0.05) is 5.02 Å². The summed E-state index contributed by atoms with van der Waals surface area (Å²) in [6.45, 7) is 3.76. The van der Waals surface area contributed by atoms with Gasteiger partial charge in [0.25, 0.3) is 0 Å². The van der Waals surface area contributed by atoms with E-state index < -0.39 is 0 Å². The fourth-order valence-electron chi connectivity index (χ4n) is 2.30. The van der Waals surface area contributed by atoms with Crippen LogP contribution in [-0.4, -0.2) is 16.4 Å². The molecule has 0 aliphatic carbocycles. The predicted octanol–water partition coefficient (Wildman–Crippen LogP) is -3.58. The van der Waals surface area contributed by atoms with E-state index in [1.807, 2.05) is 74.5 Å². The molecule has 5 nitrogen and oxygen atoms in total. The van der Waals surface area contributed by atoms with Crippen molar-refractivity contribution in [2.75, 3.05) is 10.9 Å². The molecular formula is C21H20Cl4CoN5. The fourth-order valence-corrected chi connectivity index (χ4v) is 2.51. The van der Waals surface area contributed by atoms with Crippen LogP contribution in [0.15, 0.2) is 83.0 Å². The van der Waals surface area contributed by atoms with Gasteiger partial charge < -0.3 is 37.2 Å². The topological polar surface area (TPSA) is 61.7 Å². The van der Waals surface area contributed by atoms with Gasteiger partial charge >= 0.3 is 16.8 Å². The molecule has 2 N–H and O–H groups in total. The molecule has 0 amide bonds. The average Bonchev–Trinajstić information content (AvgIpc) is 2.71. The molecule has 0 saturated heterocycles. The van der Waals surface area contributed by atoms with Crippen molar-refractivity contribution in [1.29, 1.82) is 0 Å². The molecule has 1 aromatic heterocycles. The fraction of sp³-hybridized carbons (Fsp3) is 0.0952. The first-order valence-electron chi connectivity index (χ1n) is 8.51. The Bertz CT molecular complexity index is 894. The number of rotatable bonds is 6. The minimum absolute atomic E-state index is 0. The zero-order valence-corrected chi connectivity index (χ0v) is 20.7. The summed E-state index contributed by atoms with van der Waals surface area (Å²) in [7, 11) is 0. The second-order valence-corrected chi connectivity index (χ2v) is 6.34. The molecule has 0 spiro atoms. The maximum atomic E-state index is 6.28. The van der Waals surface area contributed by atoms with E-state index in [0.29, 0.717) is 16.4 Å². The number of para-hydroxylation sites is 2. The van der Waals surface area contributed by atoms with Gasteiger partial charge in [-0.15, -0.1) is 0 Å². The second kappa shape index (κ2) is 15.9. The van der Waals surface area contributed by atoms with Gasteiger partial charge in [0.1, 0.15) is 0 Å². The molecule has 10 heteroatoms. The van der Waals surface area contributed by atoms with Crippen molar-refractivity contribution in [3.05, 3.63) is 89.2 Å². The standard InChI is InChI=1S/C21H20ClN5.3ClH.Co/c1-15(24-26-18-9-5-3-6-10-18)20-13-17(22)14-21(23-20)16(2)25-27-19-11-7-4-8-12-19;;;;/h3-14,26-27H,1-2H3;3*1H;/q;;;;+3/p-3. The average molecular weight is 543 g/mol. The van der Waals surface area contributed by atoms with E-state index >= 15 is 0 Å². The number of hydrazone groups is 2. The number of anilines is 2. The molecule has 3 aromatic rings. The Morgan fingerprint density at radius 2 is 1.06 bits per heavy atom. The Morgan fingerprint density at radius 3 is 1.42 bits per heavy atom. The summed E-state index contributed by atoms with van der Waals surface area (Å²) in [6, 6.07) is 23.0. The van der Waals surface area contributed by atoms with E-state index in [9.17, 15) is 0 Å². The van der Waals surface area contributed by atoms with Gasteiger partial charge in [-0.1, -0.05) is 48.0 Å². The van der Waals surface area contributed by atoms with Crippen molar-refractivity contribution in [2.24, 2.45) is 10.2 Å². The third kappa shape index (κ3) is 9.91. The van der Waals surface area contributed by atoms with Crippen LogP contribution in [-0.2, 0) is 16.8 Å². The third-order valence-electron chi connectivity index (χ3n) is 3.78. The van der Waals surface area contributed by atoms with E-state index in [-0.39, 0.29) is 54.0 Å². The first-order chi connectivity index (χ1) is 13.1. The third-order valence-corrected chi connectivity index (χ3v) is 4.00. The van der Waals surface area contributed by atoms with Crippen molar-refractivity contribution in [3.63, 3.8) is 0 Å². The molecule has 31 heavy (non-hydrogen) atoms. The van der Waals surface area contributed by atoms with E-state index in [1.54, 1.807) is 12.1 Å². The summed E-state index contributed by atoms with van der Waals surface area (Å²) >= 11 is 6.28. The van der Waals surface area contributed by atoms with Crippen molar-refractivity contribution in [1.82, 2.24) is 4.98 Å². The molecule has 0 unspecified atom stereocenters. The first kappa shape index (κ1) is 31.4. The molecule has 2 aromatic carbocycles.